The Morgan fingerprint density at radius 1 is 1.44 bits per heavy atom. The van der Waals surface area contributed by atoms with Gasteiger partial charge in [0.1, 0.15) is 0 Å². The topological polar surface area (TPSA) is 50.4 Å². The molecule has 1 aromatic rings. The lowest BCUT2D eigenvalue weighted by Gasteiger charge is -2.27. The molecule has 18 heavy (non-hydrogen) atoms. The molecule has 0 aromatic heterocycles. The number of rotatable bonds is 6. The fraction of sp³-hybridized carbons (Fsp3) is 0.500. The summed E-state index contributed by atoms with van der Waals surface area (Å²) >= 11 is 0. The summed E-state index contributed by atoms with van der Waals surface area (Å²) in [6.45, 7) is 4.69. The molecule has 0 spiro atoms. The molecule has 1 heterocycles. The number of amides is 1. The van der Waals surface area contributed by atoms with E-state index in [-0.39, 0.29) is 17.9 Å². The first-order valence-electron chi connectivity index (χ1n) is 6.38. The molecule has 1 aliphatic heterocycles. The number of carbonyl (C=O) groups excluding carboxylic acids is 1. The van der Waals surface area contributed by atoms with Crippen LogP contribution in [0.3, 0.4) is 0 Å². The summed E-state index contributed by atoms with van der Waals surface area (Å²) in [4.78, 5) is 11.7. The molecular formula is C14H20N2O2. The Bertz CT molecular complexity index is 377. The van der Waals surface area contributed by atoms with Crippen molar-refractivity contribution in [2.45, 2.75) is 19.6 Å². The molecule has 0 bridgehead atoms. The van der Waals surface area contributed by atoms with E-state index in [9.17, 15) is 4.79 Å². The number of ether oxygens (including phenoxy) is 1. The summed E-state index contributed by atoms with van der Waals surface area (Å²) in [5, 5.41) is 6.05. The second kappa shape index (κ2) is 6.52. The van der Waals surface area contributed by atoms with Gasteiger partial charge in [-0.05, 0) is 12.5 Å². The molecule has 4 heteroatoms. The highest BCUT2D eigenvalue weighted by atomic mass is 16.5. The van der Waals surface area contributed by atoms with E-state index < -0.39 is 0 Å². The zero-order valence-electron chi connectivity index (χ0n) is 10.7. The van der Waals surface area contributed by atoms with Crippen LogP contribution >= 0.6 is 0 Å². The Labute approximate surface area is 108 Å². The molecule has 0 aliphatic carbocycles. The highest BCUT2D eigenvalue weighted by Crippen LogP contribution is 2.04. The molecule has 1 aliphatic rings. The average molecular weight is 248 g/mol. The van der Waals surface area contributed by atoms with E-state index >= 15 is 0 Å². The van der Waals surface area contributed by atoms with Crippen molar-refractivity contribution >= 4 is 5.91 Å². The van der Waals surface area contributed by atoms with Crippen LogP contribution in [-0.4, -0.2) is 31.6 Å². The van der Waals surface area contributed by atoms with Gasteiger partial charge in [0, 0.05) is 19.1 Å². The van der Waals surface area contributed by atoms with Gasteiger partial charge >= 0.3 is 0 Å². The highest BCUT2D eigenvalue weighted by Gasteiger charge is 2.25. The van der Waals surface area contributed by atoms with Crippen molar-refractivity contribution in [1.29, 1.82) is 0 Å². The Hall–Kier alpha value is -1.39. The quantitative estimate of drug-likeness (QED) is 0.787. The van der Waals surface area contributed by atoms with Gasteiger partial charge in [0.25, 0.3) is 0 Å². The van der Waals surface area contributed by atoms with Crippen molar-refractivity contribution in [3.05, 3.63) is 35.9 Å². The maximum Gasteiger partial charge on any atom is 0.225 e. The number of hydrogen-bond donors (Lipinski definition) is 2. The molecular weight excluding hydrogens is 228 g/mol. The molecule has 1 unspecified atom stereocenters. The van der Waals surface area contributed by atoms with Crippen molar-refractivity contribution in [3.63, 3.8) is 0 Å². The van der Waals surface area contributed by atoms with Gasteiger partial charge in [0.15, 0.2) is 0 Å². The summed E-state index contributed by atoms with van der Waals surface area (Å²) in [6, 6.07) is 10.1. The van der Waals surface area contributed by atoms with Crippen molar-refractivity contribution in [2.24, 2.45) is 5.92 Å². The molecule has 0 radical (unpaired) electrons. The molecule has 1 fully saturated rings. The normalized spacial score (nSPS) is 16.9. The molecule has 1 amide bonds. The summed E-state index contributed by atoms with van der Waals surface area (Å²) in [5.41, 5.74) is 1.15. The highest BCUT2D eigenvalue weighted by molar-refractivity contribution is 5.80. The van der Waals surface area contributed by atoms with E-state index in [2.05, 4.69) is 10.6 Å². The minimum Gasteiger partial charge on any atom is -0.375 e. The summed E-state index contributed by atoms with van der Waals surface area (Å²) in [6.07, 6.45) is 0. The molecule has 0 saturated carbocycles. The van der Waals surface area contributed by atoms with Crippen LogP contribution < -0.4 is 10.6 Å². The first-order chi connectivity index (χ1) is 8.75. The van der Waals surface area contributed by atoms with E-state index in [1.807, 2.05) is 37.3 Å². The number of benzene rings is 1. The fourth-order valence-electron chi connectivity index (χ4n) is 1.80. The van der Waals surface area contributed by atoms with Crippen LogP contribution in [0.15, 0.2) is 30.3 Å². The largest absolute Gasteiger partial charge is 0.375 e. The van der Waals surface area contributed by atoms with Gasteiger partial charge in [0.2, 0.25) is 5.91 Å². The van der Waals surface area contributed by atoms with E-state index in [1.54, 1.807) is 0 Å². The Kier molecular flexibility index (Phi) is 4.73. The van der Waals surface area contributed by atoms with Gasteiger partial charge in [-0.25, -0.2) is 0 Å². The lowest BCUT2D eigenvalue weighted by Crippen LogP contribution is -2.52. The smallest absolute Gasteiger partial charge is 0.225 e. The SMILES string of the molecule is CC(COCc1ccccc1)NC(=O)C1CNC1. The lowest BCUT2D eigenvalue weighted by atomic mass is 10.0. The van der Waals surface area contributed by atoms with Gasteiger partial charge < -0.3 is 15.4 Å². The van der Waals surface area contributed by atoms with Crippen LogP contribution in [0.5, 0.6) is 0 Å². The number of hydrogen-bond acceptors (Lipinski definition) is 3. The molecule has 4 nitrogen and oxygen atoms in total. The third kappa shape index (κ3) is 3.82. The van der Waals surface area contributed by atoms with Gasteiger partial charge in [-0.1, -0.05) is 30.3 Å². The van der Waals surface area contributed by atoms with E-state index in [1.165, 1.54) is 0 Å². The first kappa shape index (κ1) is 13.1. The standard InChI is InChI=1S/C14H20N2O2/c1-11(16-14(17)13-7-15-8-13)9-18-10-12-5-3-2-4-6-12/h2-6,11,13,15H,7-10H2,1H3,(H,16,17). The van der Waals surface area contributed by atoms with Crippen LogP contribution in [0, 0.1) is 5.92 Å². The summed E-state index contributed by atoms with van der Waals surface area (Å²) in [5.74, 6) is 0.270. The minimum absolute atomic E-state index is 0.0572. The van der Waals surface area contributed by atoms with Gasteiger partial charge in [-0.15, -0.1) is 0 Å². The zero-order chi connectivity index (χ0) is 12.8. The van der Waals surface area contributed by atoms with Gasteiger partial charge in [-0.2, -0.15) is 0 Å². The Morgan fingerprint density at radius 2 is 2.17 bits per heavy atom. The maximum atomic E-state index is 11.7. The number of nitrogens with one attached hydrogen (secondary N) is 2. The van der Waals surface area contributed by atoms with Crippen LogP contribution in [0.1, 0.15) is 12.5 Å². The predicted octanol–water partition coefficient (Wildman–Crippen LogP) is 0.927. The summed E-state index contributed by atoms with van der Waals surface area (Å²) in [7, 11) is 0. The molecule has 2 N–H and O–H groups in total. The third-order valence-electron chi connectivity index (χ3n) is 3.02. The van der Waals surface area contributed by atoms with E-state index in [4.69, 9.17) is 4.74 Å². The van der Waals surface area contributed by atoms with E-state index in [0.717, 1.165) is 18.7 Å². The minimum atomic E-state index is 0.0572. The second-order valence-electron chi connectivity index (χ2n) is 4.77. The van der Waals surface area contributed by atoms with Crippen LogP contribution in [0.4, 0.5) is 0 Å². The number of carbonyl (C=O) groups is 1. The fourth-order valence-corrected chi connectivity index (χ4v) is 1.80. The van der Waals surface area contributed by atoms with Crippen LogP contribution in [-0.2, 0) is 16.1 Å². The monoisotopic (exact) mass is 248 g/mol. The Morgan fingerprint density at radius 3 is 2.78 bits per heavy atom. The zero-order valence-corrected chi connectivity index (χ0v) is 10.7. The van der Waals surface area contributed by atoms with Gasteiger partial charge in [-0.3, -0.25) is 4.79 Å². The van der Waals surface area contributed by atoms with Crippen LogP contribution in [0.25, 0.3) is 0 Å². The average Bonchev–Trinajstić information content (AvgIpc) is 2.27. The molecule has 98 valence electrons. The maximum absolute atomic E-state index is 11.7. The predicted molar refractivity (Wildman–Crippen MR) is 70.1 cm³/mol. The Balaban J connectivity index is 1.62. The molecule has 2 rings (SSSR count). The van der Waals surface area contributed by atoms with Crippen molar-refractivity contribution in [1.82, 2.24) is 10.6 Å². The van der Waals surface area contributed by atoms with Gasteiger partial charge in [0.05, 0.1) is 19.1 Å². The molecule has 1 saturated heterocycles. The summed E-state index contributed by atoms with van der Waals surface area (Å²) < 4.78 is 5.58. The van der Waals surface area contributed by atoms with Crippen LogP contribution in [0.2, 0.25) is 0 Å². The third-order valence-corrected chi connectivity index (χ3v) is 3.02. The lowest BCUT2D eigenvalue weighted by molar-refractivity contribution is -0.127. The first-order valence-corrected chi connectivity index (χ1v) is 6.38. The molecule has 1 aromatic carbocycles. The van der Waals surface area contributed by atoms with E-state index in [0.29, 0.717) is 13.2 Å². The van der Waals surface area contributed by atoms with Crippen molar-refractivity contribution in [3.8, 4) is 0 Å². The van der Waals surface area contributed by atoms with Crippen molar-refractivity contribution in [2.75, 3.05) is 19.7 Å². The second-order valence-corrected chi connectivity index (χ2v) is 4.77. The molecule has 1 atom stereocenters. The van der Waals surface area contributed by atoms with Crippen molar-refractivity contribution < 1.29 is 9.53 Å².